The van der Waals surface area contributed by atoms with Crippen LogP contribution in [0.1, 0.15) is 50.2 Å². The summed E-state index contributed by atoms with van der Waals surface area (Å²) in [6, 6.07) is 8.80. The molecular weight excluding hydrogens is 402 g/mol. The third kappa shape index (κ3) is 6.45. The number of guanidine groups is 1. The number of ether oxygens (including phenoxy) is 1. The number of hydrogen-bond donors (Lipinski definition) is 2. The maximum Gasteiger partial charge on any atom is 0.223 e. The van der Waals surface area contributed by atoms with Crippen molar-refractivity contribution in [3.63, 3.8) is 0 Å². The normalized spacial score (nSPS) is 22.2. The Balaban J connectivity index is 1.15. The number of fused-ring (bicyclic) bond motifs is 1. The van der Waals surface area contributed by atoms with Gasteiger partial charge in [0.2, 0.25) is 5.91 Å². The van der Waals surface area contributed by atoms with Gasteiger partial charge in [0, 0.05) is 64.9 Å². The van der Waals surface area contributed by atoms with Gasteiger partial charge in [0.25, 0.3) is 0 Å². The highest BCUT2D eigenvalue weighted by Crippen LogP contribution is 2.23. The van der Waals surface area contributed by atoms with Gasteiger partial charge in [0.05, 0.1) is 6.61 Å². The molecule has 0 bridgehead atoms. The van der Waals surface area contributed by atoms with Gasteiger partial charge in [0.1, 0.15) is 0 Å². The van der Waals surface area contributed by atoms with E-state index in [1.807, 2.05) is 17.0 Å². The van der Waals surface area contributed by atoms with Gasteiger partial charge in [-0.25, -0.2) is 0 Å². The highest BCUT2D eigenvalue weighted by molar-refractivity contribution is 5.80. The third-order valence-electron chi connectivity index (χ3n) is 6.83. The van der Waals surface area contributed by atoms with Crippen LogP contribution in [0.2, 0.25) is 0 Å². The molecule has 7 heteroatoms. The summed E-state index contributed by atoms with van der Waals surface area (Å²) in [5, 5.41) is 6.99. The molecule has 4 rings (SSSR count). The van der Waals surface area contributed by atoms with Crippen LogP contribution in [-0.4, -0.2) is 73.6 Å². The summed E-state index contributed by atoms with van der Waals surface area (Å²) in [7, 11) is 0. The Bertz CT molecular complexity index is 744. The summed E-state index contributed by atoms with van der Waals surface area (Å²) in [6.07, 6.45) is 4.84. The third-order valence-corrected chi connectivity index (χ3v) is 6.83. The first kappa shape index (κ1) is 23.1. The van der Waals surface area contributed by atoms with Gasteiger partial charge in [-0.05, 0) is 49.7 Å². The molecule has 3 aliphatic rings. The number of hydrogen-bond acceptors (Lipinski definition) is 4. The largest absolute Gasteiger partial charge is 0.381 e. The molecule has 2 N–H and O–H groups in total. The average molecular weight is 442 g/mol. The topological polar surface area (TPSA) is 69.2 Å². The first-order chi connectivity index (χ1) is 15.7. The number of rotatable bonds is 8. The van der Waals surface area contributed by atoms with Crippen molar-refractivity contribution in [3.05, 3.63) is 35.4 Å². The summed E-state index contributed by atoms with van der Waals surface area (Å²) < 4.78 is 5.52. The number of nitrogens with zero attached hydrogens (tertiary/aromatic N) is 3. The van der Waals surface area contributed by atoms with Crippen LogP contribution in [0.5, 0.6) is 0 Å². The summed E-state index contributed by atoms with van der Waals surface area (Å²) >= 11 is 0. The van der Waals surface area contributed by atoms with Gasteiger partial charge >= 0.3 is 0 Å². The van der Waals surface area contributed by atoms with Gasteiger partial charge < -0.3 is 25.2 Å². The van der Waals surface area contributed by atoms with Crippen molar-refractivity contribution in [1.29, 1.82) is 0 Å². The van der Waals surface area contributed by atoms with E-state index in [-0.39, 0.29) is 5.91 Å². The van der Waals surface area contributed by atoms with Gasteiger partial charge in [0.15, 0.2) is 5.96 Å². The minimum atomic E-state index is 0.231. The summed E-state index contributed by atoms with van der Waals surface area (Å²) in [5.74, 6) is 1.83. The zero-order chi connectivity index (χ0) is 22.2. The Labute approximate surface area is 192 Å². The van der Waals surface area contributed by atoms with E-state index in [1.54, 1.807) is 0 Å². The molecule has 2 saturated heterocycles. The van der Waals surface area contributed by atoms with Crippen LogP contribution in [0.15, 0.2) is 29.3 Å². The highest BCUT2D eigenvalue weighted by atomic mass is 16.5. The van der Waals surface area contributed by atoms with Crippen LogP contribution >= 0.6 is 0 Å². The molecule has 1 amide bonds. The predicted molar refractivity (Wildman–Crippen MR) is 127 cm³/mol. The Kier molecular flexibility index (Phi) is 8.40. The molecule has 1 aromatic rings. The number of piperidine rings is 1. The van der Waals surface area contributed by atoms with Gasteiger partial charge in [-0.15, -0.1) is 0 Å². The second-order valence-corrected chi connectivity index (χ2v) is 9.33. The van der Waals surface area contributed by atoms with Crippen LogP contribution in [-0.2, 0) is 22.6 Å². The Hall–Kier alpha value is -2.12. The van der Waals surface area contributed by atoms with E-state index < -0.39 is 0 Å². The van der Waals surface area contributed by atoms with Gasteiger partial charge in [-0.3, -0.25) is 9.79 Å². The van der Waals surface area contributed by atoms with Crippen molar-refractivity contribution in [2.75, 3.05) is 45.9 Å². The molecule has 3 aliphatic heterocycles. The molecule has 0 aromatic heterocycles. The van der Waals surface area contributed by atoms with Crippen LogP contribution in [0.25, 0.3) is 0 Å². The van der Waals surface area contributed by atoms with Crippen LogP contribution in [0.4, 0.5) is 0 Å². The number of likely N-dealkylation sites (tertiary alicyclic amines) is 1. The molecule has 32 heavy (non-hydrogen) atoms. The van der Waals surface area contributed by atoms with Crippen molar-refractivity contribution in [1.82, 2.24) is 20.4 Å². The molecule has 176 valence electrons. The lowest BCUT2D eigenvalue weighted by Crippen LogP contribution is -2.49. The number of carbonyl (C=O) groups excluding carboxylic acids is 1. The molecule has 0 spiro atoms. The number of benzene rings is 1. The lowest BCUT2D eigenvalue weighted by molar-refractivity contribution is -0.131. The van der Waals surface area contributed by atoms with E-state index in [0.29, 0.717) is 19.0 Å². The van der Waals surface area contributed by atoms with Crippen LogP contribution < -0.4 is 10.6 Å². The molecule has 2 fully saturated rings. The maximum atomic E-state index is 12.6. The SMILES string of the molecule is CCNC(=NCCCC(=O)N1Cc2ccccc2C1)NC1CCN(CC2CCOC2)CC1. The van der Waals surface area contributed by atoms with E-state index in [9.17, 15) is 4.79 Å². The van der Waals surface area contributed by atoms with Crippen molar-refractivity contribution < 1.29 is 9.53 Å². The van der Waals surface area contributed by atoms with E-state index >= 15 is 0 Å². The monoisotopic (exact) mass is 441 g/mol. The number of nitrogens with one attached hydrogen (secondary N) is 2. The second kappa shape index (κ2) is 11.7. The summed E-state index contributed by atoms with van der Waals surface area (Å²) in [4.78, 5) is 21.9. The van der Waals surface area contributed by atoms with Crippen LogP contribution in [0, 0.1) is 5.92 Å². The molecule has 0 saturated carbocycles. The fourth-order valence-electron chi connectivity index (χ4n) is 4.95. The van der Waals surface area contributed by atoms with Crippen molar-refractivity contribution in [2.45, 2.75) is 58.2 Å². The minimum absolute atomic E-state index is 0.231. The fourth-order valence-corrected chi connectivity index (χ4v) is 4.95. The van der Waals surface area contributed by atoms with Crippen molar-refractivity contribution >= 4 is 11.9 Å². The summed E-state index contributed by atoms with van der Waals surface area (Å²) in [6.45, 7) is 10.4. The zero-order valence-electron chi connectivity index (χ0n) is 19.5. The number of carbonyl (C=O) groups is 1. The first-order valence-corrected chi connectivity index (χ1v) is 12.4. The quantitative estimate of drug-likeness (QED) is 0.368. The molecule has 0 aliphatic carbocycles. The van der Waals surface area contributed by atoms with E-state index in [0.717, 1.165) is 77.1 Å². The molecular formula is C25H39N5O2. The van der Waals surface area contributed by atoms with Gasteiger partial charge in [-0.1, -0.05) is 24.3 Å². The predicted octanol–water partition coefficient (Wildman–Crippen LogP) is 2.37. The molecule has 1 unspecified atom stereocenters. The number of aliphatic imine (C=N–C) groups is 1. The molecule has 3 heterocycles. The highest BCUT2D eigenvalue weighted by Gasteiger charge is 2.24. The minimum Gasteiger partial charge on any atom is -0.381 e. The Morgan fingerprint density at radius 2 is 1.91 bits per heavy atom. The summed E-state index contributed by atoms with van der Waals surface area (Å²) in [5.41, 5.74) is 2.56. The fraction of sp³-hybridized carbons (Fsp3) is 0.680. The van der Waals surface area contributed by atoms with E-state index in [2.05, 4.69) is 34.6 Å². The molecule has 1 aromatic carbocycles. The van der Waals surface area contributed by atoms with E-state index in [1.165, 1.54) is 24.1 Å². The van der Waals surface area contributed by atoms with E-state index in [4.69, 9.17) is 9.73 Å². The smallest absolute Gasteiger partial charge is 0.223 e. The zero-order valence-corrected chi connectivity index (χ0v) is 19.5. The lowest BCUT2D eigenvalue weighted by Gasteiger charge is -2.34. The lowest BCUT2D eigenvalue weighted by atomic mass is 10.0. The van der Waals surface area contributed by atoms with Gasteiger partial charge in [-0.2, -0.15) is 0 Å². The maximum absolute atomic E-state index is 12.6. The number of amides is 1. The molecule has 0 radical (unpaired) electrons. The molecule has 7 nitrogen and oxygen atoms in total. The van der Waals surface area contributed by atoms with Crippen LogP contribution in [0.3, 0.4) is 0 Å². The Morgan fingerprint density at radius 3 is 2.56 bits per heavy atom. The Morgan fingerprint density at radius 1 is 1.16 bits per heavy atom. The standard InChI is InChI=1S/C25H39N5O2/c1-2-26-25(28-23-9-13-29(14-10-23)16-20-11-15-32-19-20)27-12-5-8-24(31)30-17-21-6-3-4-7-22(21)18-30/h3-4,6-7,20,23H,2,5,8-19H2,1H3,(H2,26,27,28). The van der Waals surface area contributed by atoms with Crippen molar-refractivity contribution in [3.8, 4) is 0 Å². The first-order valence-electron chi connectivity index (χ1n) is 12.4. The average Bonchev–Trinajstić information content (AvgIpc) is 3.47. The molecule has 1 atom stereocenters. The van der Waals surface area contributed by atoms with Crippen molar-refractivity contribution in [2.24, 2.45) is 10.9 Å². The second-order valence-electron chi connectivity index (χ2n) is 9.33.